The van der Waals surface area contributed by atoms with Gasteiger partial charge in [0, 0.05) is 25.9 Å². The van der Waals surface area contributed by atoms with Gasteiger partial charge in [-0.1, -0.05) is 12.2 Å². The van der Waals surface area contributed by atoms with Crippen LogP contribution >= 0.6 is 7.60 Å². The van der Waals surface area contributed by atoms with E-state index in [1.807, 2.05) is 53.7 Å². The van der Waals surface area contributed by atoms with Gasteiger partial charge in [-0.3, -0.25) is 4.57 Å². The van der Waals surface area contributed by atoms with Crippen molar-refractivity contribution in [3.63, 3.8) is 0 Å². The summed E-state index contributed by atoms with van der Waals surface area (Å²) in [6.45, 7) is 14.3. The fourth-order valence-electron chi connectivity index (χ4n) is 2.58. The molecule has 156 valence electrons. The highest BCUT2D eigenvalue weighted by Crippen LogP contribution is 2.52. The van der Waals surface area contributed by atoms with Crippen molar-refractivity contribution in [3.8, 4) is 0 Å². The lowest BCUT2D eigenvalue weighted by molar-refractivity contribution is 0.0708. The van der Waals surface area contributed by atoms with Crippen LogP contribution in [0.1, 0.15) is 48.0 Å². The molecule has 1 atom stereocenters. The second-order valence-electron chi connectivity index (χ2n) is 5.39. The van der Waals surface area contributed by atoms with E-state index in [1.54, 1.807) is 0 Å². The van der Waals surface area contributed by atoms with Crippen molar-refractivity contribution in [3.05, 3.63) is 12.2 Å². The molecule has 0 aliphatic carbocycles. The van der Waals surface area contributed by atoms with Crippen molar-refractivity contribution in [2.24, 2.45) is 0 Å². The second-order valence-corrected chi connectivity index (χ2v) is 10.3. The minimum Gasteiger partial charge on any atom is -0.374 e. The third-order valence-corrected chi connectivity index (χ3v) is 8.86. The topological polar surface area (TPSA) is 75.2 Å². The quantitative estimate of drug-likeness (QED) is 0.166. The number of nitrogens with one attached hydrogen (secondary N) is 1. The van der Waals surface area contributed by atoms with Gasteiger partial charge in [-0.25, -0.2) is 0 Å². The summed E-state index contributed by atoms with van der Waals surface area (Å²) in [4.78, 5) is 0. The highest BCUT2D eigenvalue weighted by Gasteiger charge is 2.40. The molecule has 0 aliphatic rings. The summed E-state index contributed by atoms with van der Waals surface area (Å²) in [5.41, 5.74) is 0. The summed E-state index contributed by atoms with van der Waals surface area (Å²) in [6, 6.07) is 0.700. The summed E-state index contributed by atoms with van der Waals surface area (Å²) in [7, 11) is -5.90. The molecule has 1 N–H and O–H groups in total. The third kappa shape index (κ3) is 9.24. The maximum Gasteiger partial charge on any atom is 0.500 e. The Bertz CT molecular complexity index is 397. The van der Waals surface area contributed by atoms with Gasteiger partial charge >= 0.3 is 16.4 Å². The van der Waals surface area contributed by atoms with Crippen molar-refractivity contribution in [2.75, 3.05) is 39.6 Å². The van der Waals surface area contributed by atoms with Crippen LogP contribution in [-0.2, 0) is 26.9 Å². The van der Waals surface area contributed by atoms with Crippen molar-refractivity contribution in [2.45, 2.75) is 59.8 Å². The molecule has 0 fully saturated rings. The van der Waals surface area contributed by atoms with Gasteiger partial charge in [0.1, 0.15) is 5.78 Å². The smallest absolute Gasteiger partial charge is 0.374 e. The average molecular weight is 412 g/mol. The van der Waals surface area contributed by atoms with E-state index < -0.39 is 22.2 Å². The molecule has 0 saturated heterocycles. The number of hydrogen-bond donors (Lipinski definition) is 1. The molecule has 0 heterocycles. The SMILES string of the molecule is CC=CC(NCCC[Si](OCC)(OCC)OCC)P(=O)(OCC)OCC. The minimum absolute atomic E-state index is 0.335. The second kappa shape index (κ2) is 14.9. The van der Waals surface area contributed by atoms with Crippen LogP contribution < -0.4 is 5.32 Å². The Balaban J connectivity index is 4.86. The van der Waals surface area contributed by atoms with Gasteiger partial charge in [-0.05, 0) is 54.5 Å². The Labute approximate surface area is 160 Å². The first-order valence-electron chi connectivity index (χ1n) is 9.64. The summed E-state index contributed by atoms with van der Waals surface area (Å²) in [5.74, 6) is -0.477. The summed E-state index contributed by atoms with van der Waals surface area (Å²) in [6.07, 6.45) is 4.45. The highest BCUT2D eigenvalue weighted by atomic mass is 31.2. The van der Waals surface area contributed by atoms with Gasteiger partial charge in [0.05, 0.1) is 13.2 Å². The highest BCUT2D eigenvalue weighted by molar-refractivity contribution is 7.54. The molecule has 0 saturated carbocycles. The number of hydrogen-bond acceptors (Lipinski definition) is 7. The summed E-state index contributed by atoms with van der Waals surface area (Å²) >= 11 is 0. The zero-order valence-electron chi connectivity index (χ0n) is 17.3. The maximum absolute atomic E-state index is 13.0. The third-order valence-electron chi connectivity index (χ3n) is 3.44. The Morgan fingerprint density at radius 1 is 0.923 bits per heavy atom. The number of rotatable bonds is 17. The van der Waals surface area contributed by atoms with Gasteiger partial charge in [0.2, 0.25) is 0 Å². The predicted molar refractivity (Wildman–Crippen MR) is 108 cm³/mol. The molecule has 0 aromatic rings. The lowest BCUT2D eigenvalue weighted by atomic mass is 10.4. The Morgan fingerprint density at radius 2 is 1.42 bits per heavy atom. The van der Waals surface area contributed by atoms with E-state index in [4.69, 9.17) is 22.3 Å². The zero-order valence-corrected chi connectivity index (χ0v) is 19.2. The van der Waals surface area contributed by atoms with E-state index in [0.717, 1.165) is 6.42 Å². The lowest BCUT2D eigenvalue weighted by Crippen LogP contribution is -2.46. The van der Waals surface area contributed by atoms with E-state index in [1.165, 1.54) is 0 Å². The van der Waals surface area contributed by atoms with Crippen molar-refractivity contribution >= 4 is 16.4 Å². The molecular weight excluding hydrogens is 373 g/mol. The van der Waals surface area contributed by atoms with Crippen LogP contribution in [0.5, 0.6) is 0 Å². The van der Waals surface area contributed by atoms with E-state index in [-0.39, 0.29) is 0 Å². The van der Waals surface area contributed by atoms with Crippen LogP contribution in [0.15, 0.2) is 12.2 Å². The molecule has 0 rings (SSSR count). The monoisotopic (exact) mass is 411 g/mol. The van der Waals surface area contributed by atoms with Gasteiger partial charge < -0.3 is 27.6 Å². The molecule has 0 aromatic carbocycles. The first kappa shape index (κ1) is 25.9. The standard InChI is InChI=1S/C17H38NO6PSi/c1-7-14-17(25(19,20-8-2)21-9-3)18-15-13-16-26(22-10-4,23-11-5)24-12-6/h7,14,17-18H,8-13,15-16H2,1-6H3. The molecule has 0 amide bonds. The van der Waals surface area contributed by atoms with Crippen LogP contribution in [0, 0.1) is 0 Å². The molecule has 7 nitrogen and oxygen atoms in total. The van der Waals surface area contributed by atoms with Crippen molar-refractivity contribution in [1.29, 1.82) is 0 Å². The molecular formula is C17H38NO6PSi. The Kier molecular flexibility index (Phi) is 14.9. The van der Waals surface area contributed by atoms with Gasteiger partial charge in [0.15, 0.2) is 0 Å². The van der Waals surface area contributed by atoms with Crippen molar-refractivity contribution < 1.29 is 26.9 Å². The van der Waals surface area contributed by atoms with Crippen LogP contribution in [0.25, 0.3) is 0 Å². The maximum atomic E-state index is 13.0. The molecule has 0 spiro atoms. The van der Waals surface area contributed by atoms with E-state index in [9.17, 15) is 4.57 Å². The zero-order chi connectivity index (χ0) is 19.9. The van der Waals surface area contributed by atoms with Gasteiger partial charge in [-0.2, -0.15) is 0 Å². The summed E-state index contributed by atoms with van der Waals surface area (Å²) in [5, 5.41) is 3.29. The predicted octanol–water partition coefficient (Wildman–Crippen LogP) is 4.18. The number of allylic oxidation sites excluding steroid dienone is 1. The first-order chi connectivity index (χ1) is 12.5. The van der Waals surface area contributed by atoms with Crippen LogP contribution in [-0.4, -0.2) is 54.2 Å². The average Bonchev–Trinajstić information content (AvgIpc) is 2.59. The van der Waals surface area contributed by atoms with Crippen LogP contribution in [0.3, 0.4) is 0 Å². The Morgan fingerprint density at radius 3 is 1.81 bits per heavy atom. The first-order valence-corrected chi connectivity index (χ1v) is 13.2. The van der Waals surface area contributed by atoms with Crippen LogP contribution in [0.4, 0.5) is 0 Å². The van der Waals surface area contributed by atoms with E-state index in [0.29, 0.717) is 45.6 Å². The molecule has 9 heteroatoms. The fourth-order valence-corrected chi connectivity index (χ4v) is 7.04. The van der Waals surface area contributed by atoms with Gasteiger partial charge in [0.25, 0.3) is 0 Å². The normalized spacial score (nSPS) is 14.2. The molecule has 0 bridgehead atoms. The molecule has 0 aromatic heterocycles. The van der Waals surface area contributed by atoms with Gasteiger partial charge in [-0.15, -0.1) is 0 Å². The molecule has 0 radical (unpaired) electrons. The van der Waals surface area contributed by atoms with Crippen LogP contribution in [0.2, 0.25) is 6.04 Å². The largest absolute Gasteiger partial charge is 0.500 e. The molecule has 26 heavy (non-hydrogen) atoms. The minimum atomic E-state index is -3.25. The molecule has 1 unspecified atom stereocenters. The van der Waals surface area contributed by atoms with Crippen molar-refractivity contribution in [1.82, 2.24) is 5.32 Å². The molecule has 0 aliphatic heterocycles. The van der Waals surface area contributed by atoms with E-state index in [2.05, 4.69) is 5.32 Å². The van der Waals surface area contributed by atoms with E-state index >= 15 is 0 Å². The lowest BCUT2D eigenvalue weighted by Gasteiger charge is -2.29. The fraction of sp³-hybridized carbons (Fsp3) is 0.882. The summed E-state index contributed by atoms with van der Waals surface area (Å²) < 4.78 is 41.5. The Hall–Kier alpha value is -0.0531.